The van der Waals surface area contributed by atoms with Gasteiger partial charge in [0.05, 0.1) is 10.5 Å². The largest absolute Gasteiger partial charge is 0.433 e. The number of rotatable bonds is 2. The Morgan fingerprint density at radius 3 is 2.57 bits per heavy atom. The maximum atomic E-state index is 12.6. The van der Waals surface area contributed by atoms with Gasteiger partial charge < -0.3 is 4.74 Å². The molecule has 0 aromatic heterocycles. The van der Waals surface area contributed by atoms with Gasteiger partial charge in [-0.15, -0.1) is 0 Å². The molecule has 3 aliphatic rings. The summed E-state index contributed by atoms with van der Waals surface area (Å²) in [5, 5.41) is 11.5. The summed E-state index contributed by atoms with van der Waals surface area (Å²) in [5.41, 5.74) is 3.26. The van der Waals surface area contributed by atoms with Crippen LogP contribution in [0.25, 0.3) is 12.2 Å². The zero-order valence-electron chi connectivity index (χ0n) is 13.0. The number of hydrogen-bond acceptors (Lipinski definition) is 4. The van der Waals surface area contributed by atoms with Gasteiger partial charge in [0.1, 0.15) is 11.7 Å². The summed E-state index contributed by atoms with van der Waals surface area (Å²) in [5.74, 6) is -0.122. The molecule has 0 bridgehead atoms. The van der Waals surface area contributed by atoms with E-state index in [1.54, 1.807) is 0 Å². The molecule has 1 aliphatic heterocycles. The summed E-state index contributed by atoms with van der Waals surface area (Å²) in [6, 6.07) is 5.75. The quantitative estimate of drug-likeness (QED) is 0.628. The van der Waals surface area contributed by atoms with Crippen LogP contribution in [0.2, 0.25) is 0 Å². The van der Waals surface area contributed by atoms with Gasteiger partial charge in [0.25, 0.3) is 0 Å². The van der Waals surface area contributed by atoms with Crippen LogP contribution in [0.4, 0.5) is 0 Å². The van der Waals surface area contributed by atoms with Gasteiger partial charge >= 0.3 is 6.23 Å². The molecule has 0 amide bonds. The highest BCUT2D eigenvalue weighted by Gasteiger charge is 2.51. The van der Waals surface area contributed by atoms with E-state index in [4.69, 9.17) is 4.74 Å². The van der Waals surface area contributed by atoms with E-state index in [0.29, 0.717) is 24.2 Å². The predicted molar refractivity (Wildman–Crippen MR) is 85.0 cm³/mol. The lowest BCUT2D eigenvalue weighted by Gasteiger charge is -2.28. The average molecular weight is 311 g/mol. The molecular formula is C18H17NO4. The second kappa shape index (κ2) is 4.54. The lowest BCUT2D eigenvalue weighted by atomic mass is 9.73. The summed E-state index contributed by atoms with van der Waals surface area (Å²) in [6.07, 6.45) is 3.73. The Balaban J connectivity index is 1.81. The molecule has 2 aliphatic carbocycles. The van der Waals surface area contributed by atoms with E-state index >= 15 is 0 Å². The third-order valence-corrected chi connectivity index (χ3v) is 4.86. The van der Waals surface area contributed by atoms with Crippen molar-refractivity contribution < 1.29 is 14.5 Å². The van der Waals surface area contributed by atoms with E-state index in [1.165, 1.54) is 0 Å². The molecule has 5 nitrogen and oxygen atoms in total. The lowest BCUT2D eigenvalue weighted by molar-refractivity contribution is -0.570. The molecule has 0 radical (unpaired) electrons. The Labute approximate surface area is 133 Å². The van der Waals surface area contributed by atoms with Crippen molar-refractivity contribution in [3.05, 3.63) is 56.3 Å². The fraction of sp³-hybridized carbons (Fsp3) is 0.389. The molecule has 23 heavy (non-hydrogen) atoms. The van der Waals surface area contributed by atoms with E-state index in [-0.39, 0.29) is 11.2 Å². The Hall–Kier alpha value is -2.43. The summed E-state index contributed by atoms with van der Waals surface area (Å²) < 4.78 is 5.63. The normalized spacial score (nSPS) is 27.1. The van der Waals surface area contributed by atoms with Crippen LogP contribution < -0.4 is 0 Å². The van der Waals surface area contributed by atoms with E-state index in [1.807, 2.05) is 44.2 Å². The van der Waals surface area contributed by atoms with Crippen LogP contribution in [0.15, 0.2) is 29.5 Å². The van der Waals surface area contributed by atoms with Gasteiger partial charge in [-0.2, -0.15) is 0 Å². The molecule has 0 saturated carbocycles. The van der Waals surface area contributed by atoms with Crippen molar-refractivity contribution in [3.63, 3.8) is 0 Å². The molecule has 5 heteroatoms. The molecule has 0 spiro atoms. The number of nitro groups is 1. The first-order valence-corrected chi connectivity index (χ1v) is 7.74. The SMILES string of the molecule is CC1(C)CC(=O)C2=C(C1)O[C@@H]([N+](=O)[O-])[C@@H]2c1ccc2c(c1)C=C2. The van der Waals surface area contributed by atoms with Crippen molar-refractivity contribution in [3.8, 4) is 0 Å². The van der Waals surface area contributed by atoms with Crippen molar-refractivity contribution in [2.75, 3.05) is 0 Å². The topological polar surface area (TPSA) is 69.4 Å². The molecule has 1 heterocycles. The Bertz CT molecular complexity index is 803. The second-order valence-corrected chi connectivity index (χ2v) is 7.27. The Kier molecular flexibility index (Phi) is 2.80. The summed E-state index contributed by atoms with van der Waals surface area (Å²) >= 11 is 0. The van der Waals surface area contributed by atoms with Crippen LogP contribution in [-0.2, 0) is 9.53 Å². The highest BCUT2D eigenvalue weighted by molar-refractivity contribution is 5.99. The van der Waals surface area contributed by atoms with Crippen molar-refractivity contribution in [2.24, 2.45) is 5.41 Å². The number of carbonyl (C=O) groups excluding carboxylic acids is 1. The first kappa shape index (κ1) is 14.2. The smallest absolute Gasteiger partial charge is 0.364 e. The lowest BCUT2D eigenvalue weighted by Crippen LogP contribution is -2.29. The van der Waals surface area contributed by atoms with Crippen LogP contribution in [0.5, 0.6) is 0 Å². The van der Waals surface area contributed by atoms with Gasteiger partial charge in [-0.05, 0) is 22.1 Å². The molecule has 0 unspecified atom stereocenters. The first-order valence-electron chi connectivity index (χ1n) is 7.74. The van der Waals surface area contributed by atoms with E-state index < -0.39 is 17.1 Å². The number of benzene rings is 1. The van der Waals surface area contributed by atoms with Crippen LogP contribution >= 0.6 is 0 Å². The van der Waals surface area contributed by atoms with Crippen molar-refractivity contribution in [1.29, 1.82) is 0 Å². The fourth-order valence-electron chi connectivity index (χ4n) is 3.75. The first-order chi connectivity index (χ1) is 10.9. The molecular weight excluding hydrogens is 294 g/mol. The maximum Gasteiger partial charge on any atom is 0.364 e. The highest BCUT2D eigenvalue weighted by Crippen LogP contribution is 2.49. The number of ketones is 1. The number of carbonyl (C=O) groups is 1. The standard InChI is InChI=1S/C18H17NO4/c1-18(2)8-13(20)16-14(9-18)23-17(19(21)22)15(16)12-6-4-10-3-5-11(10)7-12/h3-7,15,17H,8-9H2,1-2H3/t15-,17-/m1/s1. The molecule has 0 saturated heterocycles. The summed E-state index contributed by atoms with van der Waals surface area (Å²) in [7, 11) is 0. The van der Waals surface area contributed by atoms with Gasteiger partial charge in [-0.1, -0.05) is 44.2 Å². The number of hydrogen-bond donors (Lipinski definition) is 0. The molecule has 4 rings (SSSR count). The minimum Gasteiger partial charge on any atom is -0.433 e. The molecule has 118 valence electrons. The predicted octanol–water partition coefficient (Wildman–Crippen LogP) is 3.53. The van der Waals surface area contributed by atoms with Crippen molar-refractivity contribution >= 4 is 17.9 Å². The van der Waals surface area contributed by atoms with Crippen LogP contribution in [0.1, 0.15) is 49.3 Å². The molecule has 1 aromatic carbocycles. The van der Waals surface area contributed by atoms with E-state index in [0.717, 1.165) is 16.7 Å². The summed E-state index contributed by atoms with van der Waals surface area (Å²) in [6.45, 7) is 3.98. The molecule has 0 fully saturated rings. The van der Waals surface area contributed by atoms with Crippen LogP contribution in [-0.4, -0.2) is 16.9 Å². The van der Waals surface area contributed by atoms with Gasteiger partial charge in [-0.25, -0.2) is 0 Å². The molecule has 2 atom stereocenters. The molecule has 0 N–H and O–H groups in total. The maximum absolute atomic E-state index is 12.6. The third-order valence-electron chi connectivity index (χ3n) is 4.86. The zero-order chi connectivity index (χ0) is 16.4. The van der Waals surface area contributed by atoms with Gasteiger partial charge in [0.15, 0.2) is 5.78 Å². The van der Waals surface area contributed by atoms with E-state index in [9.17, 15) is 14.9 Å². The zero-order valence-corrected chi connectivity index (χ0v) is 13.0. The minimum atomic E-state index is -1.21. The third kappa shape index (κ3) is 2.11. The van der Waals surface area contributed by atoms with Gasteiger partial charge in [0, 0.05) is 12.8 Å². The Morgan fingerprint density at radius 1 is 1.22 bits per heavy atom. The number of ether oxygens (including phenoxy) is 1. The van der Waals surface area contributed by atoms with Gasteiger partial charge in [-0.3, -0.25) is 14.9 Å². The number of nitrogens with zero attached hydrogens (tertiary/aromatic N) is 1. The minimum absolute atomic E-state index is 0.0242. The van der Waals surface area contributed by atoms with Gasteiger partial charge in [0.2, 0.25) is 0 Å². The van der Waals surface area contributed by atoms with Crippen molar-refractivity contribution in [2.45, 2.75) is 38.8 Å². The fourth-order valence-corrected chi connectivity index (χ4v) is 3.75. The average Bonchev–Trinajstić information content (AvgIpc) is 2.78. The van der Waals surface area contributed by atoms with Crippen molar-refractivity contribution in [1.82, 2.24) is 0 Å². The number of Topliss-reactive ketones (excluding diaryl/α,β-unsaturated/α-hetero) is 1. The Morgan fingerprint density at radius 2 is 1.96 bits per heavy atom. The second-order valence-electron chi connectivity index (χ2n) is 7.27. The monoisotopic (exact) mass is 311 g/mol. The number of allylic oxidation sites excluding steroid dienone is 1. The van der Waals surface area contributed by atoms with Crippen LogP contribution in [0, 0.1) is 15.5 Å². The molecule has 1 aromatic rings. The van der Waals surface area contributed by atoms with E-state index in [2.05, 4.69) is 0 Å². The summed E-state index contributed by atoms with van der Waals surface area (Å²) in [4.78, 5) is 23.7. The highest BCUT2D eigenvalue weighted by atomic mass is 16.7. The van der Waals surface area contributed by atoms with Crippen LogP contribution in [0.3, 0.4) is 0 Å². The number of fused-ring (bicyclic) bond motifs is 1.